The van der Waals surface area contributed by atoms with Crippen LogP contribution in [-0.4, -0.2) is 30.9 Å². The van der Waals surface area contributed by atoms with Crippen LogP contribution < -0.4 is 21.7 Å². The van der Waals surface area contributed by atoms with Crippen LogP contribution in [0.5, 0.6) is 0 Å². The van der Waals surface area contributed by atoms with E-state index in [0.29, 0.717) is 30.8 Å². The number of primary amides is 1. The number of carbonyl (C=O) groups is 2. The summed E-state index contributed by atoms with van der Waals surface area (Å²) < 4.78 is 0. The molecular formula is C13H18N4O2. The molecule has 102 valence electrons. The molecule has 2 amide bonds. The zero-order valence-electron chi connectivity index (χ0n) is 10.8. The van der Waals surface area contributed by atoms with E-state index in [1.807, 2.05) is 17.9 Å². The number of nitrogens with two attached hydrogens (primary N) is 2. The Morgan fingerprint density at radius 3 is 2.89 bits per heavy atom. The second-order valence-electron chi connectivity index (χ2n) is 4.54. The molecule has 6 nitrogen and oxygen atoms in total. The lowest BCUT2D eigenvalue weighted by atomic mass is 10.1. The molecule has 1 atom stereocenters. The van der Waals surface area contributed by atoms with Gasteiger partial charge in [-0.25, -0.2) is 0 Å². The van der Waals surface area contributed by atoms with Crippen molar-refractivity contribution in [3.63, 3.8) is 0 Å². The number of nitrogen functional groups attached to an aromatic ring is 1. The number of hydrogen-bond acceptors (Lipinski definition) is 4. The second kappa shape index (κ2) is 5.17. The highest BCUT2D eigenvalue weighted by atomic mass is 16.2. The molecule has 0 spiro atoms. The molecule has 5 N–H and O–H groups in total. The van der Waals surface area contributed by atoms with E-state index in [9.17, 15) is 9.59 Å². The van der Waals surface area contributed by atoms with E-state index in [0.717, 1.165) is 5.69 Å². The summed E-state index contributed by atoms with van der Waals surface area (Å²) in [5.74, 6) is -0.556. The topological polar surface area (TPSA) is 101 Å². The van der Waals surface area contributed by atoms with Crippen LogP contribution in [0.3, 0.4) is 0 Å². The van der Waals surface area contributed by atoms with Crippen molar-refractivity contribution in [1.82, 2.24) is 5.32 Å². The van der Waals surface area contributed by atoms with Crippen LogP contribution in [0.1, 0.15) is 23.7 Å². The van der Waals surface area contributed by atoms with Crippen molar-refractivity contribution in [2.75, 3.05) is 23.7 Å². The maximum atomic E-state index is 11.8. The number of piperazine rings is 1. The van der Waals surface area contributed by atoms with Crippen LogP contribution in [0.25, 0.3) is 0 Å². The van der Waals surface area contributed by atoms with Gasteiger partial charge >= 0.3 is 0 Å². The third-order valence-corrected chi connectivity index (χ3v) is 3.35. The Morgan fingerprint density at radius 2 is 2.26 bits per heavy atom. The lowest BCUT2D eigenvalue weighted by Crippen LogP contribution is -2.55. The van der Waals surface area contributed by atoms with Gasteiger partial charge in [-0.3, -0.25) is 9.59 Å². The molecule has 1 aliphatic rings. The Hall–Kier alpha value is -2.24. The van der Waals surface area contributed by atoms with E-state index in [4.69, 9.17) is 11.5 Å². The molecule has 0 aliphatic carbocycles. The first-order valence-corrected chi connectivity index (χ1v) is 6.28. The maximum absolute atomic E-state index is 11.8. The highest BCUT2D eigenvalue weighted by molar-refractivity contribution is 5.99. The van der Waals surface area contributed by atoms with Gasteiger partial charge in [0, 0.05) is 24.5 Å². The first-order chi connectivity index (χ1) is 9.04. The Labute approximate surface area is 111 Å². The summed E-state index contributed by atoms with van der Waals surface area (Å²) in [7, 11) is 0. The fourth-order valence-electron chi connectivity index (χ4n) is 2.37. The average Bonchev–Trinajstić information content (AvgIpc) is 2.38. The fraction of sp³-hybridized carbons (Fsp3) is 0.385. The molecule has 2 rings (SSSR count). The Bertz CT molecular complexity index is 515. The summed E-state index contributed by atoms with van der Waals surface area (Å²) in [5.41, 5.74) is 12.4. The molecule has 1 aromatic carbocycles. The van der Waals surface area contributed by atoms with Gasteiger partial charge < -0.3 is 21.7 Å². The minimum atomic E-state index is -0.561. The summed E-state index contributed by atoms with van der Waals surface area (Å²) in [4.78, 5) is 25.1. The highest BCUT2D eigenvalue weighted by Gasteiger charge is 2.28. The number of anilines is 2. The lowest BCUT2D eigenvalue weighted by Gasteiger charge is -2.36. The van der Waals surface area contributed by atoms with Crippen LogP contribution in [0.15, 0.2) is 18.2 Å². The van der Waals surface area contributed by atoms with Crippen molar-refractivity contribution in [2.45, 2.75) is 19.4 Å². The van der Waals surface area contributed by atoms with Crippen molar-refractivity contribution in [3.05, 3.63) is 23.8 Å². The molecule has 1 unspecified atom stereocenters. The van der Waals surface area contributed by atoms with Crippen molar-refractivity contribution in [2.24, 2.45) is 5.73 Å². The van der Waals surface area contributed by atoms with Gasteiger partial charge in [-0.05, 0) is 24.6 Å². The summed E-state index contributed by atoms with van der Waals surface area (Å²) in [6.07, 6.45) is 0.697. The van der Waals surface area contributed by atoms with Crippen LogP contribution in [0, 0.1) is 0 Å². The largest absolute Gasteiger partial charge is 0.398 e. The number of hydrogen-bond donors (Lipinski definition) is 3. The quantitative estimate of drug-likeness (QED) is 0.671. The smallest absolute Gasteiger partial charge is 0.250 e. The number of carbonyl (C=O) groups excluding carboxylic acids is 2. The number of rotatable bonds is 3. The average molecular weight is 262 g/mol. The summed E-state index contributed by atoms with van der Waals surface area (Å²) in [6, 6.07) is 4.88. The minimum Gasteiger partial charge on any atom is -0.398 e. The Morgan fingerprint density at radius 1 is 1.53 bits per heavy atom. The normalized spacial score (nSPS) is 19.1. The predicted molar refractivity (Wildman–Crippen MR) is 73.8 cm³/mol. The summed E-state index contributed by atoms with van der Waals surface area (Å²) in [5, 5.41) is 2.83. The maximum Gasteiger partial charge on any atom is 0.250 e. The molecule has 1 heterocycles. The number of benzene rings is 1. The van der Waals surface area contributed by atoms with Gasteiger partial charge in [0.05, 0.1) is 5.56 Å². The molecule has 0 saturated carbocycles. The van der Waals surface area contributed by atoms with E-state index >= 15 is 0 Å². The second-order valence-corrected chi connectivity index (χ2v) is 4.54. The van der Waals surface area contributed by atoms with Crippen molar-refractivity contribution in [1.29, 1.82) is 0 Å². The van der Waals surface area contributed by atoms with Crippen LogP contribution >= 0.6 is 0 Å². The molecule has 0 bridgehead atoms. The number of amides is 2. The Kier molecular flexibility index (Phi) is 3.59. The molecule has 1 aliphatic heterocycles. The van der Waals surface area contributed by atoms with E-state index in [2.05, 4.69) is 5.32 Å². The van der Waals surface area contributed by atoms with Gasteiger partial charge in [-0.2, -0.15) is 0 Å². The van der Waals surface area contributed by atoms with Crippen molar-refractivity contribution < 1.29 is 9.59 Å². The molecule has 0 radical (unpaired) electrons. The monoisotopic (exact) mass is 262 g/mol. The van der Waals surface area contributed by atoms with Gasteiger partial charge in [-0.15, -0.1) is 0 Å². The predicted octanol–water partition coefficient (Wildman–Crippen LogP) is 0.0825. The van der Waals surface area contributed by atoms with Gasteiger partial charge in [-0.1, -0.05) is 6.92 Å². The van der Waals surface area contributed by atoms with Gasteiger partial charge in [0.15, 0.2) is 0 Å². The molecule has 6 heteroatoms. The van der Waals surface area contributed by atoms with Crippen LogP contribution in [0.4, 0.5) is 11.4 Å². The number of nitrogens with one attached hydrogen (secondary N) is 1. The molecule has 19 heavy (non-hydrogen) atoms. The fourth-order valence-corrected chi connectivity index (χ4v) is 2.37. The van der Waals surface area contributed by atoms with Gasteiger partial charge in [0.25, 0.3) is 5.91 Å². The van der Waals surface area contributed by atoms with Gasteiger partial charge in [0.2, 0.25) is 5.91 Å². The van der Waals surface area contributed by atoms with E-state index < -0.39 is 5.91 Å². The molecule has 1 fully saturated rings. The van der Waals surface area contributed by atoms with Crippen molar-refractivity contribution >= 4 is 23.2 Å². The van der Waals surface area contributed by atoms with E-state index in [-0.39, 0.29) is 11.9 Å². The zero-order valence-corrected chi connectivity index (χ0v) is 10.8. The standard InChI is InChI=1S/C13H18N4O2/c1-2-11-13(19)16-5-6-17(11)8-3-4-10(14)9(7-8)12(15)18/h3-4,7,11H,2,5-6,14H2,1H3,(H2,15,18)(H,16,19). The van der Waals surface area contributed by atoms with E-state index in [1.54, 1.807) is 12.1 Å². The summed E-state index contributed by atoms with van der Waals surface area (Å²) in [6.45, 7) is 3.24. The first kappa shape index (κ1) is 13.2. The zero-order chi connectivity index (χ0) is 14.0. The van der Waals surface area contributed by atoms with Crippen LogP contribution in [0.2, 0.25) is 0 Å². The third-order valence-electron chi connectivity index (χ3n) is 3.35. The van der Waals surface area contributed by atoms with Crippen LogP contribution in [-0.2, 0) is 4.79 Å². The molecular weight excluding hydrogens is 244 g/mol. The third kappa shape index (κ3) is 2.47. The molecule has 1 saturated heterocycles. The van der Waals surface area contributed by atoms with E-state index in [1.165, 1.54) is 0 Å². The highest BCUT2D eigenvalue weighted by Crippen LogP contribution is 2.24. The van der Waals surface area contributed by atoms with Gasteiger partial charge in [0.1, 0.15) is 6.04 Å². The lowest BCUT2D eigenvalue weighted by molar-refractivity contribution is -0.123. The summed E-state index contributed by atoms with van der Waals surface area (Å²) >= 11 is 0. The first-order valence-electron chi connectivity index (χ1n) is 6.28. The Balaban J connectivity index is 2.37. The molecule has 1 aromatic rings. The SMILES string of the molecule is CCC1C(=O)NCCN1c1ccc(N)c(C(N)=O)c1. The number of nitrogens with zero attached hydrogens (tertiary/aromatic N) is 1. The van der Waals surface area contributed by atoms with Crippen molar-refractivity contribution in [3.8, 4) is 0 Å². The molecule has 0 aromatic heterocycles. The minimum absolute atomic E-state index is 0.00574.